The minimum absolute atomic E-state index is 0.101. The summed E-state index contributed by atoms with van der Waals surface area (Å²) < 4.78 is 0. The lowest BCUT2D eigenvalue weighted by Crippen LogP contribution is -2.36. The molecule has 23 heavy (non-hydrogen) atoms. The molecule has 0 saturated carbocycles. The summed E-state index contributed by atoms with van der Waals surface area (Å²) >= 11 is 0. The summed E-state index contributed by atoms with van der Waals surface area (Å²) in [5.74, 6) is -0.288. The standard InChI is InChI=1S/C16H19N5O2/c17-15-14(18-7-8-19-15)16(23)20-12-3-1-2-4-13(12)21-9-5-11(22)6-10-21/h1-4,7-8,11,22H,5-6,9-10H2,(H2,17,19)(H,20,23). The topological polar surface area (TPSA) is 104 Å². The molecule has 1 amide bonds. The molecule has 0 radical (unpaired) electrons. The van der Waals surface area contributed by atoms with Crippen molar-refractivity contribution >= 4 is 23.1 Å². The molecular formula is C16H19N5O2. The molecule has 1 aromatic heterocycles. The van der Waals surface area contributed by atoms with E-state index < -0.39 is 0 Å². The Balaban J connectivity index is 1.81. The van der Waals surface area contributed by atoms with Gasteiger partial charge in [-0.05, 0) is 25.0 Å². The first-order chi connectivity index (χ1) is 11.1. The number of aliphatic hydroxyl groups is 1. The number of nitrogens with two attached hydrogens (primary N) is 1. The van der Waals surface area contributed by atoms with Gasteiger partial charge in [-0.15, -0.1) is 0 Å². The smallest absolute Gasteiger partial charge is 0.278 e. The van der Waals surface area contributed by atoms with Gasteiger partial charge in [0.15, 0.2) is 11.5 Å². The molecule has 3 rings (SSSR count). The van der Waals surface area contributed by atoms with Crippen molar-refractivity contribution < 1.29 is 9.90 Å². The Kier molecular flexibility index (Phi) is 4.38. The molecule has 2 aromatic rings. The van der Waals surface area contributed by atoms with Crippen molar-refractivity contribution in [3.8, 4) is 0 Å². The summed E-state index contributed by atoms with van der Waals surface area (Å²) in [6.07, 6.45) is 4.08. The highest BCUT2D eigenvalue weighted by atomic mass is 16.3. The molecule has 0 aliphatic carbocycles. The van der Waals surface area contributed by atoms with Crippen molar-refractivity contribution in [2.45, 2.75) is 18.9 Å². The SMILES string of the molecule is Nc1nccnc1C(=O)Nc1ccccc1N1CCC(O)CC1. The summed E-state index contributed by atoms with van der Waals surface area (Å²) in [4.78, 5) is 22.4. The van der Waals surface area contributed by atoms with Crippen LogP contribution < -0.4 is 16.0 Å². The van der Waals surface area contributed by atoms with Gasteiger partial charge in [-0.25, -0.2) is 9.97 Å². The molecular weight excluding hydrogens is 294 g/mol. The Morgan fingerprint density at radius 2 is 1.91 bits per heavy atom. The van der Waals surface area contributed by atoms with Gasteiger partial charge >= 0.3 is 0 Å². The lowest BCUT2D eigenvalue weighted by atomic mass is 10.1. The van der Waals surface area contributed by atoms with Crippen molar-refractivity contribution in [1.82, 2.24) is 9.97 Å². The van der Waals surface area contributed by atoms with E-state index in [4.69, 9.17) is 5.73 Å². The van der Waals surface area contributed by atoms with Crippen LogP contribution in [0.5, 0.6) is 0 Å². The molecule has 1 saturated heterocycles. The number of carbonyl (C=O) groups excluding carboxylic acids is 1. The number of hydrogen-bond acceptors (Lipinski definition) is 6. The first-order valence-electron chi connectivity index (χ1n) is 7.55. The van der Waals surface area contributed by atoms with Crippen LogP contribution in [0, 0.1) is 0 Å². The monoisotopic (exact) mass is 313 g/mol. The van der Waals surface area contributed by atoms with Crippen LogP contribution in [-0.2, 0) is 0 Å². The molecule has 7 heteroatoms. The van der Waals surface area contributed by atoms with Gasteiger partial charge in [0.05, 0.1) is 17.5 Å². The third kappa shape index (κ3) is 3.40. The lowest BCUT2D eigenvalue weighted by Gasteiger charge is -2.32. The summed E-state index contributed by atoms with van der Waals surface area (Å²) in [7, 11) is 0. The van der Waals surface area contributed by atoms with Crippen LogP contribution in [0.3, 0.4) is 0 Å². The zero-order chi connectivity index (χ0) is 16.2. The number of nitrogen functional groups attached to an aromatic ring is 1. The number of benzene rings is 1. The Morgan fingerprint density at radius 3 is 2.65 bits per heavy atom. The Hall–Kier alpha value is -2.67. The lowest BCUT2D eigenvalue weighted by molar-refractivity contribution is 0.102. The minimum atomic E-state index is -0.389. The largest absolute Gasteiger partial charge is 0.393 e. The molecule has 0 atom stereocenters. The van der Waals surface area contributed by atoms with Crippen molar-refractivity contribution in [3.63, 3.8) is 0 Å². The first-order valence-corrected chi connectivity index (χ1v) is 7.55. The second-order valence-corrected chi connectivity index (χ2v) is 5.48. The molecule has 1 fully saturated rings. The number of hydrogen-bond donors (Lipinski definition) is 3. The molecule has 0 bridgehead atoms. The molecule has 0 spiro atoms. The van der Waals surface area contributed by atoms with Gasteiger partial charge in [-0.3, -0.25) is 4.79 Å². The molecule has 4 N–H and O–H groups in total. The van der Waals surface area contributed by atoms with Gasteiger partial charge in [0.2, 0.25) is 0 Å². The van der Waals surface area contributed by atoms with E-state index in [-0.39, 0.29) is 23.5 Å². The molecule has 7 nitrogen and oxygen atoms in total. The fraction of sp³-hybridized carbons (Fsp3) is 0.312. The Bertz CT molecular complexity index is 698. The highest BCUT2D eigenvalue weighted by Gasteiger charge is 2.20. The number of piperidine rings is 1. The van der Waals surface area contributed by atoms with Gasteiger partial charge in [-0.1, -0.05) is 12.1 Å². The van der Waals surface area contributed by atoms with E-state index in [0.717, 1.165) is 31.6 Å². The number of para-hydroxylation sites is 2. The molecule has 1 aliphatic heterocycles. The van der Waals surface area contributed by atoms with Gasteiger partial charge in [-0.2, -0.15) is 0 Å². The number of nitrogens with one attached hydrogen (secondary N) is 1. The first kappa shape index (κ1) is 15.2. The van der Waals surface area contributed by atoms with Crippen LogP contribution in [-0.4, -0.2) is 40.2 Å². The molecule has 120 valence electrons. The highest BCUT2D eigenvalue weighted by molar-refractivity contribution is 6.07. The predicted molar refractivity (Wildman–Crippen MR) is 88.3 cm³/mol. The second kappa shape index (κ2) is 6.62. The van der Waals surface area contributed by atoms with Crippen molar-refractivity contribution in [2.75, 3.05) is 29.0 Å². The number of aliphatic hydroxyl groups excluding tert-OH is 1. The fourth-order valence-electron chi connectivity index (χ4n) is 2.67. The van der Waals surface area contributed by atoms with Crippen LogP contribution in [0.15, 0.2) is 36.7 Å². The maximum absolute atomic E-state index is 12.4. The second-order valence-electron chi connectivity index (χ2n) is 5.48. The fourth-order valence-corrected chi connectivity index (χ4v) is 2.67. The third-order valence-corrected chi connectivity index (χ3v) is 3.90. The summed E-state index contributed by atoms with van der Waals surface area (Å²) in [6, 6.07) is 7.57. The van der Waals surface area contributed by atoms with E-state index >= 15 is 0 Å². The van der Waals surface area contributed by atoms with E-state index in [1.54, 1.807) is 0 Å². The zero-order valence-corrected chi connectivity index (χ0v) is 12.6. The van der Waals surface area contributed by atoms with E-state index in [2.05, 4.69) is 20.2 Å². The maximum atomic E-state index is 12.4. The summed E-state index contributed by atoms with van der Waals surface area (Å²) in [5, 5.41) is 12.5. The average molecular weight is 313 g/mol. The highest BCUT2D eigenvalue weighted by Crippen LogP contribution is 2.28. The number of nitrogens with zero attached hydrogens (tertiary/aromatic N) is 3. The van der Waals surface area contributed by atoms with E-state index in [1.807, 2.05) is 24.3 Å². The van der Waals surface area contributed by atoms with Crippen LogP contribution in [0.25, 0.3) is 0 Å². The molecule has 0 unspecified atom stereocenters. The van der Waals surface area contributed by atoms with Crippen LogP contribution >= 0.6 is 0 Å². The van der Waals surface area contributed by atoms with Crippen molar-refractivity contribution in [3.05, 3.63) is 42.4 Å². The van der Waals surface area contributed by atoms with E-state index in [0.29, 0.717) is 5.69 Å². The van der Waals surface area contributed by atoms with E-state index in [9.17, 15) is 9.90 Å². The normalized spacial score (nSPS) is 15.4. The van der Waals surface area contributed by atoms with Crippen LogP contribution in [0.2, 0.25) is 0 Å². The average Bonchev–Trinajstić information content (AvgIpc) is 2.56. The van der Waals surface area contributed by atoms with Crippen LogP contribution in [0.1, 0.15) is 23.3 Å². The number of amides is 1. The van der Waals surface area contributed by atoms with E-state index in [1.165, 1.54) is 12.4 Å². The van der Waals surface area contributed by atoms with Gasteiger partial charge in [0.1, 0.15) is 0 Å². The Morgan fingerprint density at radius 1 is 1.22 bits per heavy atom. The van der Waals surface area contributed by atoms with Gasteiger partial charge in [0, 0.05) is 25.5 Å². The van der Waals surface area contributed by atoms with Crippen molar-refractivity contribution in [1.29, 1.82) is 0 Å². The zero-order valence-electron chi connectivity index (χ0n) is 12.6. The summed E-state index contributed by atoms with van der Waals surface area (Å²) in [6.45, 7) is 1.50. The van der Waals surface area contributed by atoms with Gasteiger partial charge < -0.3 is 21.1 Å². The quantitative estimate of drug-likeness (QED) is 0.788. The molecule has 2 heterocycles. The number of carbonyl (C=O) groups is 1. The molecule has 1 aromatic carbocycles. The Labute approximate surface area is 134 Å². The van der Waals surface area contributed by atoms with Gasteiger partial charge in [0.25, 0.3) is 5.91 Å². The molecule has 1 aliphatic rings. The maximum Gasteiger partial charge on any atom is 0.278 e. The number of aromatic nitrogens is 2. The summed E-state index contributed by atoms with van der Waals surface area (Å²) in [5.41, 5.74) is 7.43. The third-order valence-electron chi connectivity index (χ3n) is 3.90. The number of anilines is 3. The van der Waals surface area contributed by atoms with Crippen molar-refractivity contribution in [2.24, 2.45) is 0 Å². The minimum Gasteiger partial charge on any atom is -0.393 e. The predicted octanol–water partition coefficient (Wildman–Crippen LogP) is 1.27. The number of rotatable bonds is 3. The van der Waals surface area contributed by atoms with Crippen LogP contribution in [0.4, 0.5) is 17.2 Å².